The third-order valence-corrected chi connectivity index (χ3v) is 1.49. The first kappa shape index (κ1) is 6.99. The molecule has 1 rings (SSSR count). The minimum atomic E-state index is -0.349. The summed E-state index contributed by atoms with van der Waals surface area (Å²) in [7, 11) is 0. The van der Waals surface area contributed by atoms with Crippen LogP contribution >= 0.6 is 0 Å². The van der Waals surface area contributed by atoms with Crippen molar-refractivity contribution < 1.29 is 9.84 Å². The second kappa shape index (κ2) is 3.15. The fraction of sp³-hybridized carbons (Fsp3) is 1.00. The highest BCUT2D eigenvalue weighted by Gasteiger charge is 2.17. The van der Waals surface area contributed by atoms with Gasteiger partial charge in [-0.15, -0.1) is 0 Å². The van der Waals surface area contributed by atoms with Gasteiger partial charge in [0, 0.05) is 13.1 Å². The molecular weight excluding hydrogens is 118 g/mol. The van der Waals surface area contributed by atoms with E-state index in [9.17, 15) is 0 Å². The Morgan fingerprint density at radius 3 is 2.89 bits per heavy atom. The molecule has 0 bridgehead atoms. The van der Waals surface area contributed by atoms with Crippen LogP contribution in [0.2, 0.25) is 0 Å². The van der Waals surface area contributed by atoms with Crippen molar-refractivity contribution in [2.24, 2.45) is 0 Å². The van der Waals surface area contributed by atoms with Crippen molar-refractivity contribution in [2.45, 2.75) is 19.1 Å². The van der Waals surface area contributed by atoms with Crippen LogP contribution in [0.4, 0.5) is 0 Å². The summed E-state index contributed by atoms with van der Waals surface area (Å²) in [6, 6.07) is 0. The van der Waals surface area contributed by atoms with Crippen LogP contribution in [0.5, 0.6) is 0 Å². The molecule has 1 aliphatic heterocycles. The fourth-order valence-electron chi connectivity index (χ4n) is 0.896. The van der Waals surface area contributed by atoms with Gasteiger partial charge in [0.25, 0.3) is 0 Å². The lowest BCUT2D eigenvalue weighted by Crippen LogP contribution is -2.43. The van der Waals surface area contributed by atoms with Gasteiger partial charge in [0.15, 0.2) is 0 Å². The first-order valence-corrected chi connectivity index (χ1v) is 3.31. The molecule has 0 amide bonds. The number of aliphatic hydroxyl groups is 1. The molecular formula is C6H13NO2. The van der Waals surface area contributed by atoms with Crippen molar-refractivity contribution in [3.63, 3.8) is 0 Å². The second-order valence-corrected chi connectivity index (χ2v) is 2.35. The Labute approximate surface area is 55.0 Å². The molecule has 0 aromatic heterocycles. The number of rotatable bonds is 1. The molecule has 2 N–H and O–H groups in total. The average molecular weight is 131 g/mol. The zero-order valence-electron chi connectivity index (χ0n) is 5.63. The lowest BCUT2D eigenvalue weighted by molar-refractivity contribution is -0.0445. The van der Waals surface area contributed by atoms with Crippen molar-refractivity contribution in [3.05, 3.63) is 0 Å². The second-order valence-electron chi connectivity index (χ2n) is 2.35. The van der Waals surface area contributed by atoms with E-state index in [1.165, 1.54) is 0 Å². The normalized spacial score (nSPS) is 32.0. The first-order chi connectivity index (χ1) is 4.30. The summed E-state index contributed by atoms with van der Waals surface area (Å²) in [5.41, 5.74) is 0. The maximum absolute atomic E-state index is 9.01. The van der Waals surface area contributed by atoms with Crippen molar-refractivity contribution in [1.82, 2.24) is 5.32 Å². The van der Waals surface area contributed by atoms with Crippen LogP contribution in [0.3, 0.4) is 0 Å². The van der Waals surface area contributed by atoms with Gasteiger partial charge in [-0.1, -0.05) is 0 Å². The van der Waals surface area contributed by atoms with E-state index in [0.29, 0.717) is 0 Å². The molecule has 1 heterocycles. The molecule has 0 aromatic carbocycles. The van der Waals surface area contributed by atoms with Crippen LogP contribution in [0.25, 0.3) is 0 Å². The highest BCUT2D eigenvalue weighted by atomic mass is 16.5. The number of hydrogen-bond acceptors (Lipinski definition) is 3. The molecule has 1 saturated heterocycles. The molecule has 0 aliphatic carbocycles. The molecule has 2 atom stereocenters. The van der Waals surface area contributed by atoms with Gasteiger partial charge >= 0.3 is 0 Å². The zero-order chi connectivity index (χ0) is 6.69. The van der Waals surface area contributed by atoms with Crippen molar-refractivity contribution in [1.29, 1.82) is 0 Å². The number of ether oxygens (including phenoxy) is 1. The lowest BCUT2D eigenvalue weighted by atomic mass is 10.2. The average Bonchev–Trinajstić information content (AvgIpc) is 1.90. The molecule has 3 nitrogen and oxygen atoms in total. The van der Waals surface area contributed by atoms with Gasteiger partial charge in [-0.25, -0.2) is 0 Å². The van der Waals surface area contributed by atoms with Crippen LogP contribution in [-0.4, -0.2) is 37.0 Å². The maximum atomic E-state index is 9.01. The van der Waals surface area contributed by atoms with E-state index in [2.05, 4.69) is 5.32 Å². The molecule has 1 unspecified atom stereocenters. The quantitative estimate of drug-likeness (QED) is 0.497. The Balaban J connectivity index is 2.23. The van der Waals surface area contributed by atoms with Crippen LogP contribution in [0.1, 0.15) is 6.92 Å². The Morgan fingerprint density at radius 2 is 2.56 bits per heavy atom. The smallest absolute Gasteiger partial charge is 0.0955 e. The van der Waals surface area contributed by atoms with Crippen LogP contribution < -0.4 is 5.32 Å². The monoisotopic (exact) mass is 131 g/mol. The van der Waals surface area contributed by atoms with Crippen LogP contribution in [-0.2, 0) is 4.74 Å². The molecule has 1 aliphatic rings. The third-order valence-electron chi connectivity index (χ3n) is 1.49. The van der Waals surface area contributed by atoms with Gasteiger partial charge in [-0.05, 0) is 6.92 Å². The third kappa shape index (κ3) is 1.93. The number of morpholine rings is 1. The zero-order valence-corrected chi connectivity index (χ0v) is 5.63. The summed E-state index contributed by atoms with van der Waals surface area (Å²) in [5.74, 6) is 0. The fourth-order valence-corrected chi connectivity index (χ4v) is 0.896. The number of aliphatic hydroxyl groups excluding tert-OH is 1. The Hall–Kier alpha value is -0.120. The summed E-state index contributed by atoms with van der Waals surface area (Å²) in [5, 5.41) is 12.1. The van der Waals surface area contributed by atoms with E-state index < -0.39 is 0 Å². The molecule has 0 saturated carbocycles. The maximum Gasteiger partial charge on any atom is 0.0955 e. The number of hydrogen-bond donors (Lipinski definition) is 2. The molecule has 9 heavy (non-hydrogen) atoms. The molecule has 0 aromatic rings. The SMILES string of the molecule is C[C@@H](O)C1CNCCO1. The van der Waals surface area contributed by atoms with Gasteiger partial charge in [0.2, 0.25) is 0 Å². The molecule has 0 radical (unpaired) electrons. The van der Waals surface area contributed by atoms with Gasteiger partial charge in [-0.2, -0.15) is 0 Å². The predicted octanol–water partition coefficient (Wildman–Crippen LogP) is -0.644. The predicted molar refractivity (Wildman–Crippen MR) is 34.3 cm³/mol. The topological polar surface area (TPSA) is 41.5 Å². The van der Waals surface area contributed by atoms with E-state index in [0.717, 1.165) is 19.7 Å². The van der Waals surface area contributed by atoms with Gasteiger partial charge in [0.1, 0.15) is 0 Å². The van der Waals surface area contributed by atoms with Crippen molar-refractivity contribution in [3.8, 4) is 0 Å². The van der Waals surface area contributed by atoms with E-state index in [4.69, 9.17) is 9.84 Å². The molecule has 1 fully saturated rings. The minimum absolute atomic E-state index is 0.00116. The Morgan fingerprint density at radius 1 is 1.78 bits per heavy atom. The van der Waals surface area contributed by atoms with Gasteiger partial charge < -0.3 is 15.2 Å². The molecule has 54 valence electrons. The van der Waals surface area contributed by atoms with E-state index in [1.807, 2.05) is 0 Å². The van der Waals surface area contributed by atoms with Gasteiger partial charge in [0.05, 0.1) is 18.8 Å². The summed E-state index contributed by atoms with van der Waals surface area (Å²) in [4.78, 5) is 0. The highest BCUT2D eigenvalue weighted by molar-refractivity contribution is 4.71. The first-order valence-electron chi connectivity index (χ1n) is 3.31. The van der Waals surface area contributed by atoms with Crippen LogP contribution in [0.15, 0.2) is 0 Å². The van der Waals surface area contributed by atoms with E-state index in [1.54, 1.807) is 6.92 Å². The van der Waals surface area contributed by atoms with E-state index >= 15 is 0 Å². The minimum Gasteiger partial charge on any atom is -0.391 e. The Kier molecular flexibility index (Phi) is 2.45. The summed E-state index contributed by atoms with van der Waals surface area (Å²) in [6.07, 6.45) is -0.350. The van der Waals surface area contributed by atoms with E-state index in [-0.39, 0.29) is 12.2 Å². The van der Waals surface area contributed by atoms with Gasteiger partial charge in [-0.3, -0.25) is 0 Å². The lowest BCUT2D eigenvalue weighted by Gasteiger charge is -2.25. The van der Waals surface area contributed by atoms with Crippen molar-refractivity contribution in [2.75, 3.05) is 19.7 Å². The molecule has 3 heteroatoms. The van der Waals surface area contributed by atoms with Crippen molar-refractivity contribution >= 4 is 0 Å². The molecule has 0 spiro atoms. The summed E-state index contributed by atoms with van der Waals surface area (Å²) >= 11 is 0. The van der Waals surface area contributed by atoms with Crippen LogP contribution in [0, 0.1) is 0 Å². The summed E-state index contributed by atoms with van der Waals surface area (Å²) in [6.45, 7) is 4.15. The number of nitrogens with one attached hydrogen (secondary N) is 1. The largest absolute Gasteiger partial charge is 0.391 e. The standard InChI is InChI=1S/C6H13NO2/c1-5(8)6-4-7-2-3-9-6/h5-8H,2-4H2,1H3/t5-,6?/m1/s1. The Bertz CT molecular complexity index is 79.1. The highest BCUT2D eigenvalue weighted by Crippen LogP contribution is 2.00. The summed E-state index contributed by atoms with van der Waals surface area (Å²) < 4.78 is 5.23.